The van der Waals surface area contributed by atoms with Gasteiger partial charge in [0.2, 0.25) is 0 Å². The Morgan fingerprint density at radius 3 is 1.73 bits per heavy atom. The summed E-state index contributed by atoms with van der Waals surface area (Å²) in [5, 5.41) is 2.67. The van der Waals surface area contributed by atoms with Crippen LogP contribution in [0.3, 0.4) is 0 Å². The number of nitrogens with zero attached hydrogens (tertiary/aromatic N) is 1. The zero-order valence-electron chi connectivity index (χ0n) is 8.47. The third kappa shape index (κ3) is 1.18. The first kappa shape index (κ1) is 8.86. The van der Waals surface area contributed by atoms with E-state index >= 15 is 0 Å². The highest BCUT2D eigenvalue weighted by Gasteiger charge is 2.07. The molecule has 2 heteroatoms. The van der Waals surface area contributed by atoms with Crippen LogP contribution in [0.2, 0.25) is 0 Å². The monoisotopic (exact) mass is 213 g/mol. The second-order valence-electron chi connectivity index (χ2n) is 3.51. The fourth-order valence-corrected chi connectivity index (χ4v) is 2.80. The van der Waals surface area contributed by atoms with Crippen LogP contribution >= 0.6 is 11.9 Å². The molecule has 0 atom stereocenters. The molecule has 0 saturated heterocycles. The minimum absolute atomic E-state index is 1.30. The van der Waals surface area contributed by atoms with E-state index < -0.39 is 0 Å². The van der Waals surface area contributed by atoms with Crippen LogP contribution in [0.4, 0.5) is 0 Å². The lowest BCUT2D eigenvalue weighted by atomic mass is 10.2. The molecule has 0 saturated carbocycles. The van der Waals surface area contributed by atoms with Gasteiger partial charge in [-0.3, -0.25) is 3.97 Å². The van der Waals surface area contributed by atoms with E-state index in [0.717, 1.165) is 0 Å². The molecular formula is C13H11NS. The van der Waals surface area contributed by atoms with Crippen molar-refractivity contribution in [2.45, 2.75) is 0 Å². The summed E-state index contributed by atoms with van der Waals surface area (Å²) in [5.41, 5.74) is 2.59. The van der Waals surface area contributed by atoms with E-state index in [1.165, 1.54) is 21.8 Å². The van der Waals surface area contributed by atoms with E-state index in [2.05, 4.69) is 58.8 Å². The van der Waals surface area contributed by atoms with Gasteiger partial charge in [0.15, 0.2) is 0 Å². The van der Waals surface area contributed by atoms with Crippen LogP contribution in [0.15, 0.2) is 48.5 Å². The zero-order valence-corrected chi connectivity index (χ0v) is 9.29. The van der Waals surface area contributed by atoms with Gasteiger partial charge in [-0.15, -0.1) is 0 Å². The highest BCUT2D eigenvalue weighted by molar-refractivity contribution is 7.97. The predicted octanol–water partition coefficient (Wildman–Crippen LogP) is 3.92. The van der Waals surface area contributed by atoms with Gasteiger partial charge in [0.25, 0.3) is 0 Å². The Morgan fingerprint density at radius 1 is 0.800 bits per heavy atom. The lowest BCUT2D eigenvalue weighted by Crippen LogP contribution is -1.82. The van der Waals surface area contributed by atoms with Crippen molar-refractivity contribution >= 4 is 33.8 Å². The molecule has 0 aliphatic rings. The number of para-hydroxylation sites is 2. The van der Waals surface area contributed by atoms with Crippen molar-refractivity contribution in [1.29, 1.82) is 0 Å². The molecule has 0 N–H and O–H groups in total. The molecule has 1 aromatic heterocycles. The molecular weight excluding hydrogens is 202 g/mol. The maximum Gasteiger partial charge on any atom is 0.0604 e. The molecule has 74 valence electrons. The Hall–Kier alpha value is -1.41. The number of aromatic nitrogens is 1. The van der Waals surface area contributed by atoms with Gasteiger partial charge in [-0.1, -0.05) is 36.4 Å². The molecule has 0 bridgehead atoms. The largest absolute Gasteiger partial charge is 0.284 e. The summed E-state index contributed by atoms with van der Waals surface area (Å²) in [6, 6.07) is 17.1. The highest BCUT2D eigenvalue weighted by Crippen LogP contribution is 2.30. The summed E-state index contributed by atoms with van der Waals surface area (Å²) < 4.78 is 2.28. The summed E-state index contributed by atoms with van der Waals surface area (Å²) in [5.74, 6) is 0. The summed E-state index contributed by atoms with van der Waals surface area (Å²) in [6.07, 6.45) is 2.11. The molecule has 0 aliphatic heterocycles. The van der Waals surface area contributed by atoms with Crippen LogP contribution in [0.1, 0.15) is 0 Å². The van der Waals surface area contributed by atoms with Crippen LogP contribution in [0.5, 0.6) is 0 Å². The number of rotatable bonds is 1. The van der Waals surface area contributed by atoms with E-state index in [-0.39, 0.29) is 0 Å². The molecule has 0 unspecified atom stereocenters. The Balaban J connectivity index is 2.62. The number of hydrogen-bond donors (Lipinski definition) is 0. The van der Waals surface area contributed by atoms with Crippen molar-refractivity contribution < 1.29 is 0 Å². The first-order valence-electron chi connectivity index (χ1n) is 4.94. The summed E-state index contributed by atoms with van der Waals surface area (Å²) in [7, 11) is 0. The topological polar surface area (TPSA) is 4.93 Å². The fraction of sp³-hybridized carbons (Fsp3) is 0.0769. The average Bonchev–Trinajstić information content (AvgIpc) is 2.63. The van der Waals surface area contributed by atoms with Gasteiger partial charge in [0.1, 0.15) is 0 Å². The molecule has 1 heterocycles. The molecule has 0 fully saturated rings. The fourth-order valence-electron chi connectivity index (χ4n) is 2.08. The summed E-state index contributed by atoms with van der Waals surface area (Å²) in [4.78, 5) is 0. The van der Waals surface area contributed by atoms with Crippen molar-refractivity contribution in [1.82, 2.24) is 3.97 Å². The second-order valence-corrected chi connectivity index (χ2v) is 4.24. The zero-order chi connectivity index (χ0) is 10.3. The van der Waals surface area contributed by atoms with Gasteiger partial charge in [0.05, 0.1) is 11.0 Å². The SMILES string of the molecule is CSn1c2ccccc2c2ccccc21. The van der Waals surface area contributed by atoms with Crippen LogP contribution in [0, 0.1) is 0 Å². The summed E-state index contributed by atoms with van der Waals surface area (Å²) in [6.45, 7) is 0. The van der Waals surface area contributed by atoms with Crippen LogP contribution < -0.4 is 0 Å². The van der Waals surface area contributed by atoms with Gasteiger partial charge in [-0.25, -0.2) is 0 Å². The molecule has 0 aliphatic carbocycles. The molecule has 3 aromatic rings. The maximum atomic E-state index is 2.28. The van der Waals surface area contributed by atoms with Gasteiger partial charge in [0, 0.05) is 17.0 Å². The van der Waals surface area contributed by atoms with Gasteiger partial charge < -0.3 is 0 Å². The minimum Gasteiger partial charge on any atom is -0.284 e. The Kier molecular flexibility index (Phi) is 1.96. The molecule has 15 heavy (non-hydrogen) atoms. The lowest BCUT2D eigenvalue weighted by Gasteiger charge is -2.00. The Bertz CT molecular complexity index is 571. The first-order valence-corrected chi connectivity index (χ1v) is 6.12. The Morgan fingerprint density at radius 2 is 1.27 bits per heavy atom. The van der Waals surface area contributed by atoms with Gasteiger partial charge in [-0.2, -0.15) is 0 Å². The second kappa shape index (κ2) is 3.31. The molecule has 0 amide bonds. The first-order chi connectivity index (χ1) is 7.42. The van der Waals surface area contributed by atoms with Gasteiger partial charge >= 0.3 is 0 Å². The molecule has 1 nitrogen and oxygen atoms in total. The number of benzene rings is 2. The van der Waals surface area contributed by atoms with Crippen molar-refractivity contribution in [3.8, 4) is 0 Å². The molecule has 0 radical (unpaired) electrons. The average molecular weight is 213 g/mol. The normalized spacial score (nSPS) is 11.3. The van der Waals surface area contributed by atoms with Crippen molar-refractivity contribution in [3.63, 3.8) is 0 Å². The van der Waals surface area contributed by atoms with E-state index in [1.807, 2.05) is 0 Å². The molecule has 2 aromatic carbocycles. The van der Waals surface area contributed by atoms with E-state index in [9.17, 15) is 0 Å². The van der Waals surface area contributed by atoms with Crippen LogP contribution in [0.25, 0.3) is 21.8 Å². The number of fused-ring (bicyclic) bond motifs is 3. The molecule has 3 rings (SSSR count). The molecule has 0 spiro atoms. The minimum atomic E-state index is 1.30. The third-order valence-electron chi connectivity index (χ3n) is 2.72. The number of hydrogen-bond acceptors (Lipinski definition) is 1. The quantitative estimate of drug-likeness (QED) is 0.593. The smallest absolute Gasteiger partial charge is 0.0604 e. The Labute approximate surface area is 92.8 Å². The summed E-state index contributed by atoms with van der Waals surface area (Å²) >= 11 is 1.75. The van der Waals surface area contributed by atoms with E-state index in [0.29, 0.717) is 0 Å². The maximum absolute atomic E-state index is 2.28. The third-order valence-corrected chi connectivity index (χ3v) is 3.48. The van der Waals surface area contributed by atoms with Gasteiger partial charge in [-0.05, 0) is 24.1 Å². The van der Waals surface area contributed by atoms with Crippen LogP contribution in [-0.4, -0.2) is 10.2 Å². The highest BCUT2D eigenvalue weighted by atomic mass is 32.2. The van der Waals surface area contributed by atoms with Crippen molar-refractivity contribution in [2.24, 2.45) is 0 Å². The predicted molar refractivity (Wildman–Crippen MR) is 68.4 cm³/mol. The standard InChI is InChI=1S/C13H11NS/c1-15-14-12-8-4-2-6-10(12)11-7-3-5-9-13(11)14/h2-9H,1H3. The van der Waals surface area contributed by atoms with E-state index in [4.69, 9.17) is 0 Å². The lowest BCUT2D eigenvalue weighted by molar-refractivity contribution is 1.42. The van der Waals surface area contributed by atoms with Crippen molar-refractivity contribution in [3.05, 3.63) is 48.5 Å². The van der Waals surface area contributed by atoms with Crippen molar-refractivity contribution in [2.75, 3.05) is 6.26 Å². The van der Waals surface area contributed by atoms with Crippen LogP contribution in [-0.2, 0) is 0 Å². The van der Waals surface area contributed by atoms with E-state index in [1.54, 1.807) is 11.9 Å².